The van der Waals surface area contributed by atoms with Gasteiger partial charge in [0.15, 0.2) is 17.5 Å². The van der Waals surface area contributed by atoms with Gasteiger partial charge in [-0.1, -0.05) is 48.2 Å². The Morgan fingerprint density at radius 1 is 0.697 bits per heavy atom. The smallest absolute Gasteiger partial charge is 0.195 e. The molecule has 5 heteroatoms. The molecule has 4 rings (SSSR count). The fraction of sp³-hybridized carbons (Fsp3) is 0.0714. The maximum atomic E-state index is 14.7. The van der Waals surface area contributed by atoms with Crippen molar-refractivity contribution in [1.29, 1.82) is 0 Å². The largest absolute Gasteiger partial charge is 0.205 e. The first-order valence-corrected chi connectivity index (χ1v) is 10.2. The molecule has 0 amide bonds. The normalized spacial score (nSPS) is 10.7. The van der Waals surface area contributed by atoms with Crippen LogP contribution >= 0.6 is 0 Å². The van der Waals surface area contributed by atoms with E-state index < -0.39 is 34.6 Å². The van der Waals surface area contributed by atoms with Gasteiger partial charge in [0.25, 0.3) is 0 Å². The van der Waals surface area contributed by atoms with Crippen molar-refractivity contribution in [2.75, 3.05) is 0 Å². The van der Waals surface area contributed by atoms with Gasteiger partial charge >= 0.3 is 0 Å². The van der Waals surface area contributed by atoms with E-state index in [-0.39, 0.29) is 16.3 Å². The average molecular weight is 448 g/mol. The molecule has 0 aliphatic heterocycles. The molecule has 0 saturated heterocycles. The Morgan fingerprint density at radius 3 is 2.06 bits per heavy atom. The summed E-state index contributed by atoms with van der Waals surface area (Å²) in [5.74, 6) is -0.797. The predicted octanol–water partition coefficient (Wildman–Crippen LogP) is 7.72. The van der Waals surface area contributed by atoms with E-state index in [0.29, 0.717) is 11.1 Å². The van der Waals surface area contributed by atoms with Crippen LogP contribution in [0.3, 0.4) is 0 Å². The zero-order valence-corrected chi connectivity index (χ0v) is 17.4. The minimum Gasteiger partial charge on any atom is -0.205 e. The average Bonchev–Trinajstić information content (AvgIpc) is 2.81. The summed E-state index contributed by atoms with van der Waals surface area (Å²) in [6.45, 7) is 3.69. The van der Waals surface area contributed by atoms with E-state index in [1.165, 1.54) is 30.3 Å². The van der Waals surface area contributed by atoms with Crippen molar-refractivity contribution < 1.29 is 22.0 Å². The van der Waals surface area contributed by atoms with E-state index in [1.54, 1.807) is 12.1 Å². The predicted molar refractivity (Wildman–Crippen MR) is 120 cm³/mol. The van der Waals surface area contributed by atoms with Crippen LogP contribution in [-0.4, -0.2) is 0 Å². The van der Waals surface area contributed by atoms with Crippen LogP contribution < -0.4 is 0 Å². The maximum Gasteiger partial charge on any atom is 0.195 e. The van der Waals surface area contributed by atoms with Gasteiger partial charge < -0.3 is 0 Å². The lowest BCUT2D eigenvalue weighted by molar-refractivity contribution is 0.453. The minimum absolute atomic E-state index is 0.0889. The molecule has 0 spiro atoms. The van der Waals surface area contributed by atoms with Gasteiger partial charge in [-0.2, -0.15) is 0 Å². The standard InChI is InChI=1S/C28H17F5/c1-2-3-4-17-5-9-19(10-6-17)20-14-24(29)23(25(30)15-20)12-8-18-7-11-22-21(13-18)16-26(31)28(33)27(22)32/h2,5-7,9-11,13-16H,1,3-4H2. The summed E-state index contributed by atoms with van der Waals surface area (Å²) in [6.07, 6.45) is 3.50. The molecule has 0 unspecified atom stereocenters. The van der Waals surface area contributed by atoms with Gasteiger partial charge in [-0.15, -0.1) is 6.58 Å². The van der Waals surface area contributed by atoms with E-state index in [9.17, 15) is 22.0 Å². The van der Waals surface area contributed by atoms with Crippen molar-refractivity contribution in [1.82, 2.24) is 0 Å². The second kappa shape index (κ2) is 9.30. The quantitative estimate of drug-likeness (QED) is 0.130. The molecule has 0 N–H and O–H groups in total. The molecular weight excluding hydrogens is 431 g/mol. The molecule has 4 aromatic rings. The minimum atomic E-state index is -1.56. The Balaban J connectivity index is 1.64. The number of allylic oxidation sites excluding steroid dienone is 1. The highest BCUT2D eigenvalue weighted by Gasteiger charge is 2.14. The summed E-state index contributed by atoms with van der Waals surface area (Å²) in [7, 11) is 0. The topological polar surface area (TPSA) is 0 Å². The summed E-state index contributed by atoms with van der Waals surface area (Å²) in [6, 6.07) is 14.6. The molecule has 0 nitrogen and oxygen atoms in total. The monoisotopic (exact) mass is 448 g/mol. The summed E-state index contributed by atoms with van der Waals surface area (Å²) in [4.78, 5) is 0. The Kier molecular flexibility index (Phi) is 6.28. The highest BCUT2D eigenvalue weighted by atomic mass is 19.2. The zero-order chi connectivity index (χ0) is 23.5. The lowest BCUT2D eigenvalue weighted by Gasteiger charge is -2.06. The van der Waals surface area contributed by atoms with Crippen molar-refractivity contribution in [3.63, 3.8) is 0 Å². The molecule has 0 radical (unpaired) electrons. The van der Waals surface area contributed by atoms with Crippen LogP contribution in [0, 0.1) is 40.9 Å². The van der Waals surface area contributed by atoms with Crippen molar-refractivity contribution in [3.05, 3.63) is 119 Å². The first kappa shape index (κ1) is 22.3. The summed E-state index contributed by atoms with van der Waals surface area (Å²) in [5.41, 5.74) is 1.99. The molecule has 0 saturated carbocycles. The van der Waals surface area contributed by atoms with E-state index in [4.69, 9.17) is 0 Å². The number of hydrogen-bond donors (Lipinski definition) is 0. The van der Waals surface area contributed by atoms with Gasteiger partial charge in [0.1, 0.15) is 11.6 Å². The zero-order valence-electron chi connectivity index (χ0n) is 17.4. The Morgan fingerprint density at radius 2 is 1.39 bits per heavy atom. The lowest BCUT2D eigenvalue weighted by atomic mass is 10.00. The second-order valence-corrected chi connectivity index (χ2v) is 7.51. The Hall–Kier alpha value is -3.91. The number of hydrogen-bond acceptors (Lipinski definition) is 0. The third kappa shape index (κ3) is 4.65. The van der Waals surface area contributed by atoms with E-state index in [0.717, 1.165) is 24.5 Å². The molecule has 0 aliphatic carbocycles. The second-order valence-electron chi connectivity index (χ2n) is 7.51. The molecule has 0 aromatic heterocycles. The SMILES string of the molecule is C=CCCc1ccc(-c2cc(F)c(C#Cc3ccc4c(F)c(F)c(F)cc4c3)c(F)c2)cc1. The molecule has 0 atom stereocenters. The van der Waals surface area contributed by atoms with Gasteiger partial charge in [0, 0.05) is 10.9 Å². The Bertz CT molecular complexity index is 1400. The van der Waals surface area contributed by atoms with Crippen LogP contribution in [0.5, 0.6) is 0 Å². The first-order valence-electron chi connectivity index (χ1n) is 10.2. The molecule has 0 bridgehead atoms. The number of rotatable bonds is 4. The summed E-state index contributed by atoms with van der Waals surface area (Å²) < 4.78 is 70.0. The van der Waals surface area contributed by atoms with Gasteiger partial charge in [-0.3, -0.25) is 0 Å². The van der Waals surface area contributed by atoms with Crippen LogP contribution in [-0.2, 0) is 6.42 Å². The van der Waals surface area contributed by atoms with Crippen molar-refractivity contribution in [2.45, 2.75) is 12.8 Å². The van der Waals surface area contributed by atoms with Crippen LogP contribution in [0.15, 0.2) is 73.3 Å². The lowest BCUT2D eigenvalue weighted by Crippen LogP contribution is -1.94. The van der Waals surface area contributed by atoms with Crippen molar-refractivity contribution in [2.24, 2.45) is 0 Å². The van der Waals surface area contributed by atoms with Gasteiger partial charge in [0.05, 0.1) is 5.56 Å². The van der Waals surface area contributed by atoms with Crippen molar-refractivity contribution >= 4 is 10.8 Å². The van der Waals surface area contributed by atoms with Crippen LogP contribution in [0.2, 0.25) is 0 Å². The fourth-order valence-corrected chi connectivity index (χ4v) is 3.51. The molecule has 0 fully saturated rings. The first-order chi connectivity index (χ1) is 15.9. The highest BCUT2D eigenvalue weighted by molar-refractivity contribution is 5.84. The molecule has 4 aromatic carbocycles. The van der Waals surface area contributed by atoms with Crippen LogP contribution in [0.25, 0.3) is 21.9 Å². The summed E-state index contributed by atoms with van der Waals surface area (Å²) in [5, 5.41) is -0.0253. The number of halogens is 5. The number of aryl methyl sites for hydroxylation is 1. The molecule has 0 heterocycles. The van der Waals surface area contributed by atoms with Crippen molar-refractivity contribution in [3.8, 4) is 23.0 Å². The third-order valence-electron chi connectivity index (χ3n) is 5.27. The third-order valence-corrected chi connectivity index (χ3v) is 5.27. The molecule has 0 aliphatic rings. The number of fused-ring (bicyclic) bond motifs is 1. The van der Waals surface area contributed by atoms with Gasteiger partial charge in [-0.25, -0.2) is 22.0 Å². The number of benzene rings is 4. The fourth-order valence-electron chi connectivity index (χ4n) is 3.51. The van der Waals surface area contributed by atoms with Crippen LogP contribution in [0.4, 0.5) is 22.0 Å². The van der Waals surface area contributed by atoms with E-state index >= 15 is 0 Å². The maximum absolute atomic E-state index is 14.7. The van der Waals surface area contributed by atoms with E-state index in [2.05, 4.69) is 18.4 Å². The summed E-state index contributed by atoms with van der Waals surface area (Å²) >= 11 is 0. The Labute approximate surface area is 188 Å². The van der Waals surface area contributed by atoms with Gasteiger partial charge in [0.2, 0.25) is 0 Å². The highest BCUT2D eigenvalue weighted by Crippen LogP contribution is 2.26. The molecule has 33 heavy (non-hydrogen) atoms. The molecular formula is C28H17F5. The molecule has 164 valence electrons. The van der Waals surface area contributed by atoms with E-state index in [1.807, 2.05) is 18.2 Å². The van der Waals surface area contributed by atoms with Crippen LogP contribution in [0.1, 0.15) is 23.1 Å². The van der Waals surface area contributed by atoms with Gasteiger partial charge in [-0.05, 0) is 65.3 Å².